The minimum atomic E-state index is -0.0794. The van der Waals surface area contributed by atoms with Crippen molar-refractivity contribution in [2.24, 2.45) is 0 Å². The van der Waals surface area contributed by atoms with Gasteiger partial charge in [-0.25, -0.2) is 4.98 Å². The predicted molar refractivity (Wildman–Crippen MR) is 131 cm³/mol. The highest BCUT2D eigenvalue weighted by atomic mass is 32.1. The molecular formula is C26H31N3O3S. The van der Waals surface area contributed by atoms with Crippen molar-refractivity contribution in [1.82, 2.24) is 15.2 Å². The van der Waals surface area contributed by atoms with Gasteiger partial charge in [0.1, 0.15) is 28.0 Å². The Bertz CT molecular complexity index is 1060. The van der Waals surface area contributed by atoms with Crippen LogP contribution >= 0.6 is 11.3 Å². The minimum Gasteiger partial charge on any atom is -0.497 e. The highest BCUT2D eigenvalue weighted by Crippen LogP contribution is 2.27. The third-order valence-corrected chi connectivity index (χ3v) is 7.10. The summed E-state index contributed by atoms with van der Waals surface area (Å²) in [6.07, 6.45) is 2.39. The summed E-state index contributed by atoms with van der Waals surface area (Å²) >= 11 is 1.40. The normalized spacial score (nSPS) is 14.8. The zero-order valence-corrected chi connectivity index (χ0v) is 20.3. The van der Waals surface area contributed by atoms with Crippen LogP contribution in [0.3, 0.4) is 0 Å². The van der Waals surface area contributed by atoms with Crippen molar-refractivity contribution in [1.29, 1.82) is 0 Å². The minimum absolute atomic E-state index is 0.0794. The number of methoxy groups -OCH3 is 1. The molecule has 2 heterocycles. The van der Waals surface area contributed by atoms with Gasteiger partial charge in [0.25, 0.3) is 5.91 Å². The quantitative estimate of drug-likeness (QED) is 0.486. The molecule has 1 atom stereocenters. The Hall–Kier alpha value is -2.90. The molecule has 1 aromatic heterocycles. The van der Waals surface area contributed by atoms with Gasteiger partial charge in [-0.1, -0.05) is 29.8 Å². The number of nitrogens with one attached hydrogen (secondary N) is 1. The molecular weight excluding hydrogens is 434 g/mol. The van der Waals surface area contributed by atoms with E-state index in [1.807, 2.05) is 50.2 Å². The number of benzene rings is 2. The molecule has 1 fully saturated rings. The maximum atomic E-state index is 13.0. The molecule has 2 aromatic carbocycles. The van der Waals surface area contributed by atoms with E-state index in [-0.39, 0.29) is 11.9 Å². The number of ether oxygens (including phenoxy) is 2. The smallest absolute Gasteiger partial charge is 0.263 e. The molecule has 3 aromatic rings. The highest BCUT2D eigenvalue weighted by molar-refractivity contribution is 7.13. The Morgan fingerprint density at radius 1 is 1.06 bits per heavy atom. The van der Waals surface area contributed by atoms with E-state index >= 15 is 0 Å². The number of amides is 1. The van der Waals surface area contributed by atoms with E-state index in [1.54, 1.807) is 7.11 Å². The lowest BCUT2D eigenvalue weighted by atomic mass is 10.1. The Morgan fingerprint density at radius 3 is 2.39 bits per heavy atom. The van der Waals surface area contributed by atoms with E-state index < -0.39 is 0 Å². The van der Waals surface area contributed by atoms with E-state index in [4.69, 9.17) is 9.47 Å². The van der Waals surface area contributed by atoms with Crippen molar-refractivity contribution >= 4 is 17.2 Å². The van der Waals surface area contributed by atoms with E-state index in [0.717, 1.165) is 35.3 Å². The van der Waals surface area contributed by atoms with Gasteiger partial charge < -0.3 is 14.8 Å². The average Bonchev–Trinajstić information content (AvgIpc) is 3.49. The lowest BCUT2D eigenvalue weighted by molar-refractivity contribution is 0.0941. The molecule has 1 aliphatic heterocycles. The first-order valence-corrected chi connectivity index (χ1v) is 12.2. The fraction of sp³-hybridized carbons (Fsp3) is 0.385. The molecule has 1 saturated heterocycles. The lowest BCUT2D eigenvalue weighted by Crippen LogP contribution is -2.36. The molecule has 0 saturated carbocycles. The van der Waals surface area contributed by atoms with Crippen LogP contribution in [0.4, 0.5) is 0 Å². The number of aryl methyl sites for hydroxylation is 2. The molecule has 174 valence electrons. The van der Waals surface area contributed by atoms with Gasteiger partial charge in [-0.05, 0) is 69.6 Å². The molecule has 4 rings (SSSR count). The van der Waals surface area contributed by atoms with E-state index in [9.17, 15) is 4.79 Å². The number of carbonyl (C=O) groups excluding carboxylic acids is 1. The molecule has 0 bridgehead atoms. The van der Waals surface area contributed by atoms with Gasteiger partial charge >= 0.3 is 0 Å². The molecule has 1 N–H and O–H groups in total. The molecule has 0 aliphatic carbocycles. The number of likely N-dealkylation sites (tertiary alicyclic amines) is 1. The molecule has 1 unspecified atom stereocenters. The number of thiazole rings is 1. The second-order valence-electron chi connectivity index (χ2n) is 8.37. The van der Waals surface area contributed by atoms with E-state index in [0.29, 0.717) is 18.0 Å². The van der Waals surface area contributed by atoms with Crippen LogP contribution in [0.1, 0.15) is 50.4 Å². The van der Waals surface area contributed by atoms with Gasteiger partial charge in [0, 0.05) is 6.54 Å². The summed E-state index contributed by atoms with van der Waals surface area (Å²) in [6.45, 7) is 6.92. The first-order chi connectivity index (χ1) is 16.0. The Kier molecular flexibility index (Phi) is 7.62. The Labute approximate surface area is 199 Å². The van der Waals surface area contributed by atoms with Crippen LogP contribution in [0.15, 0.2) is 48.5 Å². The summed E-state index contributed by atoms with van der Waals surface area (Å²) in [7, 11) is 1.67. The number of rotatable bonds is 9. The number of carbonyl (C=O) groups is 1. The maximum absolute atomic E-state index is 13.0. The van der Waals surface area contributed by atoms with Gasteiger partial charge in [0.05, 0.1) is 18.8 Å². The molecule has 6 nitrogen and oxygen atoms in total. The topological polar surface area (TPSA) is 63.7 Å². The Balaban J connectivity index is 1.40. The van der Waals surface area contributed by atoms with Crippen molar-refractivity contribution in [2.45, 2.75) is 39.3 Å². The molecule has 1 amide bonds. The van der Waals surface area contributed by atoms with Gasteiger partial charge in [0.2, 0.25) is 0 Å². The van der Waals surface area contributed by atoms with Crippen LogP contribution < -0.4 is 14.8 Å². The van der Waals surface area contributed by atoms with Crippen LogP contribution in [0.25, 0.3) is 0 Å². The largest absolute Gasteiger partial charge is 0.497 e. The zero-order chi connectivity index (χ0) is 23.2. The first kappa shape index (κ1) is 23.3. The van der Waals surface area contributed by atoms with Gasteiger partial charge in [-0.15, -0.1) is 11.3 Å². The molecule has 33 heavy (non-hydrogen) atoms. The van der Waals surface area contributed by atoms with Crippen molar-refractivity contribution in [3.05, 3.63) is 75.2 Å². The third kappa shape index (κ3) is 5.92. The van der Waals surface area contributed by atoms with Crippen LogP contribution in [0, 0.1) is 13.8 Å². The standard InChI is InChI=1S/C26H31N3O3S/c1-18-6-10-22(11-7-18)32-17-24-28-19(2)25(33-24)26(30)27-16-23(29-14-4-5-15-29)20-8-12-21(31-3)13-9-20/h6-13,23H,4-5,14-17H2,1-3H3,(H,27,30). The second kappa shape index (κ2) is 10.8. The van der Waals surface area contributed by atoms with Crippen LogP contribution in [0.5, 0.6) is 11.5 Å². The fourth-order valence-corrected chi connectivity index (χ4v) is 5.01. The zero-order valence-electron chi connectivity index (χ0n) is 19.5. The van der Waals surface area contributed by atoms with Gasteiger partial charge in [-0.2, -0.15) is 0 Å². The van der Waals surface area contributed by atoms with Crippen molar-refractivity contribution < 1.29 is 14.3 Å². The van der Waals surface area contributed by atoms with Crippen molar-refractivity contribution in [3.8, 4) is 11.5 Å². The predicted octanol–water partition coefficient (Wildman–Crippen LogP) is 4.91. The summed E-state index contributed by atoms with van der Waals surface area (Å²) in [6, 6.07) is 16.2. The molecule has 7 heteroatoms. The fourth-order valence-electron chi connectivity index (χ4n) is 4.11. The van der Waals surface area contributed by atoms with Crippen LogP contribution in [-0.2, 0) is 6.61 Å². The molecule has 0 radical (unpaired) electrons. The van der Waals surface area contributed by atoms with Crippen LogP contribution in [0.2, 0.25) is 0 Å². The third-order valence-electron chi connectivity index (χ3n) is 5.97. The lowest BCUT2D eigenvalue weighted by Gasteiger charge is -2.28. The van der Waals surface area contributed by atoms with E-state index in [2.05, 4.69) is 27.3 Å². The SMILES string of the molecule is COc1ccc(C(CNC(=O)c2sc(COc3ccc(C)cc3)nc2C)N2CCCC2)cc1. The number of aromatic nitrogens is 1. The van der Waals surface area contributed by atoms with Gasteiger partial charge in [0.15, 0.2) is 0 Å². The summed E-state index contributed by atoms with van der Waals surface area (Å²) < 4.78 is 11.1. The first-order valence-electron chi connectivity index (χ1n) is 11.4. The summed E-state index contributed by atoms with van der Waals surface area (Å²) in [5.41, 5.74) is 3.11. The summed E-state index contributed by atoms with van der Waals surface area (Å²) in [4.78, 5) is 20.7. The maximum Gasteiger partial charge on any atom is 0.263 e. The average molecular weight is 466 g/mol. The monoisotopic (exact) mass is 465 g/mol. The molecule has 0 spiro atoms. The van der Waals surface area contributed by atoms with Crippen molar-refractivity contribution in [2.75, 3.05) is 26.7 Å². The number of hydrogen-bond acceptors (Lipinski definition) is 6. The number of hydrogen-bond donors (Lipinski definition) is 1. The molecule has 1 aliphatic rings. The number of nitrogens with zero attached hydrogens (tertiary/aromatic N) is 2. The van der Waals surface area contributed by atoms with Gasteiger partial charge in [-0.3, -0.25) is 9.69 Å². The second-order valence-corrected chi connectivity index (χ2v) is 9.45. The highest BCUT2D eigenvalue weighted by Gasteiger charge is 2.25. The van der Waals surface area contributed by atoms with E-state index in [1.165, 1.54) is 35.3 Å². The van der Waals surface area contributed by atoms with Crippen molar-refractivity contribution in [3.63, 3.8) is 0 Å². The Morgan fingerprint density at radius 2 is 1.73 bits per heavy atom. The van der Waals surface area contributed by atoms with Crippen LogP contribution in [-0.4, -0.2) is 42.5 Å². The summed E-state index contributed by atoms with van der Waals surface area (Å²) in [5, 5.41) is 3.95. The summed E-state index contributed by atoms with van der Waals surface area (Å²) in [5.74, 6) is 1.56.